The van der Waals surface area contributed by atoms with Gasteiger partial charge in [-0.3, -0.25) is 4.99 Å². The van der Waals surface area contributed by atoms with Gasteiger partial charge in [0, 0.05) is 12.2 Å². The van der Waals surface area contributed by atoms with Crippen LogP contribution in [0.5, 0.6) is 0 Å². The molecule has 80 valence electrons. The zero-order valence-corrected chi connectivity index (χ0v) is 9.48. The Morgan fingerprint density at radius 1 is 1.33 bits per heavy atom. The van der Waals surface area contributed by atoms with E-state index in [0.717, 1.165) is 13.1 Å². The molecule has 0 saturated heterocycles. The van der Waals surface area contributed by atoms with Gasteiger partial charge < -0.3 is 4.90 Å². The molecule has 1 aromatic rings. The van der Waals surface area contributed by atoms with Gasteiger partial charge >= 0.3 is 0 Å². The van der Waals surface area contributed by atoms with E-state index < -0.39 is 0 Å². The minimum absolute atomic E-state index is 0.659. The van der Waals surface area contributed by atoms with Crippen LogP contribution in [0.1, 0.15) is 31.7 Å². The van der Waals surface area contributed by atoms with Gasteiger partial charge in [0.25, 0.3) is 0 Å². The van der Waals surface area contributed by atoms with Crippen LogP contribution < -0.4 is 4.90 Å². The van der Waals surface area contributed by atoms with Crippen LogP contribution in [0.15, 0.2) is 29.3 Å². The van der Waals surface area contributed by atoms with Crippen LogP contribution in [0.3, 0.4) is 0 Å². The Morgan fingerprint density at radius 2 is 2.07 bits per heavy atom. The highest BCUT2D eigenvalue weighted by Crippen LogP contribution is 2.22. The van der Waals surface area contributed by atoms with Gasteiger partial charge in [0.15, 0.2) is 0 Å². The first-order chi connectivity index (χ1) is 7.31. The first-order valence-electron chi connectivity index (χ1n) is 5.68. The van der Waals surface area contributed by atoms with Gasteiger partial charge in [0.05, 0.1) is 12.9 Å². The molecule has 0 N–H and O–H groups in total. The number of rotatable bonds is 3. The monoisotopic (exact) mass is 202 g/mol. The normalized spacial score (nSPS) is 17.1. The minimum Gasteiger partial charge on any atom is -0.331 e. The molecule has 1 atom stereocenters. The summed E-state index contributed by atoms with van der Waals surface area (Å²) in [6.45, 7) is 6.44. The molecule has 2 rings (SSSR count). The Kier molecular flexibility index (Phi) is 3.05. The third-order valence-electron chi connectivity index (χ3n) is 3.10. The molecule has 0 bridgehead atoms. The molecule has 2 heteroatoms. The van der Waals surface area contributed by atoms with E-state index in [1.165, 1.54) is 17.7 Å². The predicted molar refractivity (Wildman–Crippen MR) is 65.9 cm³/mol. The van der Waals surface area contributed by atoms with E-state index >= 15 is 0 Å². The van der Waals surface area contributed by atoms with Crippen molar-refractivity contribution in [3.63, 3.8) is 0 Å². The summed E-state index contributed by atoms with van der Waals surface area (Å²) in [5.41, 5.74) is 2.68. The molecule has 0 aliphatic carbocycles. The van der Waals surface area contributed by atoms with Crippen LogP contribution in [0, 0.1) is 0 Å². The van der Waals surface area contributed by atoms with Gasteiger partial charge in [-0.05, 0) is 30.0 Å². The van der Waals surface area contributed by atoms with Crippen molar-refractivity contribution >= 4 is 12.0 Å². The second-order valence-corrected chi connectivity index (χ2v) is 4.12. The number of nitrogens with zero attached hydrogens (tertiary/aromatic N) is 2. The number of aliphatic imine (C=N–C) groups is 1. The molecule has 0 fully saturated rings. The molecular formula is C13H18N2. The Balaban J connectivity index is 2.13. The summed E-state index contributed by atoms with van der Waals surface area (Å²) in [5, 5.41) is 0. The van der Waals surface area contributed by atoms with E-state index in [9.17, 15) is 0 Å². The van der Waals surface area contributed by atoms with Gasteiger partial charge in [0.1, 0.15) is 0 Å². The van der Waals surface area contributed by atoms with Crippen molar-refractivity contribution in [1.29, 1.82) is 0 Å². The SMILES string of the molecule is CCC(C)c1ccc(N2C=NCC2)cc1. The molecule has 0 radical (unpaired) electrons. The zero-order valence-electron chi connectivity index (χ0n) is 9.48. The quantitative estimate of drug-likeness (QED) is 0.735. The summed E-state index contributed by atoms with van der Waals surface area (Å²) in [7, 11) is 0. The first kappa shape index (κ1) is 10.2. The fourth-order valence-corrected chi connectivity index (χ4v) is 1.81. The summed E-state index contributed by atoms with van der Waals surface area (Å²) < 4.78 is 0. The molecule has 2 nitrogen and oxygen atoms in total. The Morgan fingerprint density at radius 3 is 2.60 bits per heavy atom. The molecule has 1 aliphatic rings. The maximum absolute atomic E-state index is 4.22. The van der Waals surface area contributed by atoms with Crippen LogP contribution in [-0.2, 0) is 0 Å². The second kappa shape index (κ2) is 4.47. The van der Waals surface area contributed by atoms with Crippen LogP contribution in [0.2, 0.25) is 0 Å². The molecule has 0 spiro atoms. The van der Waals surface area contributed by atoms with E-state index in [1.807, 2.05) is 6.34 Å². The van der Waals surface area contributed by atoms with Crippen molar-refractivity contribution in [2.24, 2.45) is 4.99 Å². The fraction of sp³-hybridized carbons (Fsp3) is 0.462. The lowest BCUT2D eigenvalue weighted by Crippen LogP contribution is -2.17. The average Bonchev–Trinajstić information content (AvgIpc) is 2.82. The minimum atomic E-state index is 0.659. The maximum Gasteiger partial charge on any atom is 0.0895 e. The van der Waals surface area contributed by atoms with Gasteiger partial charge in [-0.2, -0.15) is 0 Å². The van der Waals surface area contributed by atoms with E-state index in [-0.39, 0.29) is 0 Å². The molecule has 1 aromatic carbocycles. The van der Waals surface area contributed by atoms with Crippen molar-refractivity contribution in [2.75, 3.05) is 18.0 Å². The highest BCUT2D eigenvalue weighted by molar-refractivity contribution is 5.80. The van der Waals surface area contributed by atoms with Crippen molar-refractivity contribution in [1.82, 2.24) is 0 Å². The number of hydrogen-bond donors (Lipinski definition) is 0. The van der Waals surface area contributed by atoms with Gasteiger partial charge in [-0.25, -0.2) is 0 Å². The standard InChI is InChI=1S/C13H18N2/c1-3-11(2)12-4-6-13(7-5-12)15-9-8-14-10-15/h4-7,10-11H,3,8-9H2,1-2H3. The highest BCUT2D eigenvalue weighted by Gasteiger charge is 2.08. The lowest BCUT2D eigenvalue weighted by molar-refractivity contribution is 0.733. The molecule has 15 heavy (non-hydrogen) atoms. The van der Waals surface area contributed by atoms with Gasteiger partial charge in [-0.1, -0.05) is 26.0 Å². The Labute approximate surface area is 91.6 Å². The van der Waals surface area contributed by atoms with Crippen molar-refractivity contribution in [2.45, 2.75) is 26.2 Å². The van der Waals surface area contributed by atoms with E-state index in [0.29, 0.717) is 5.92 Å². The molecular weight excluding hydrogens is 184 g/mol. The molecule has 0 saturated carbocycles. The van der Waals surface area contributed by atoms with Crippen molar-refractivity contribution in [3.8, 4) is 0 Å². The first-order valence-corrected chi connectivity index (χ1v) is 5.68. The van der Waals surface area contributed by atoms with E-state index in [4.69, 9.17) is 0 Å². The van der Waals surface area contributed by atoms with Crippen molar-refractivity contribution < 1.29 is 0 Å². The lowest BCUT2D eigenvalue weighted by atomic mass is 9.98. The molecule has 1 aliphatic heterocycles. The zero-order chi connectivity index (χ0) is 10.7. The van der Waals surface area contributed by atoms with Gasteiger partial charge in [0.2, 0.25) is 0 Å². The topological polar surface area (TPSA) is 15.6 Å². The van der Waals surface area contributed by atoms with Crippen LogP contribution in [-0.4, -0.2) is 19.4 Å². The van der Waals surface area contributed by atoms with Crippen LogP contribution >= 0.6 is 0 Å². The van der Waals surface area contributed by atoms with E-state index in [2.05, 4.69) is 48.0 Å². The maximum atomic E-state index is 4.22. The Hall–Kier alpha value is -1.31. The molecule has 0 aromatic heterocycles. The third kappa shape index (κ3) is 2.20. The van der Waals surface area contributed by atoms with Crippen molar-refractivity contribution in [3.05, 3.63) is 29.8 Å². The number of hydrogen-bond acceptors (Lipinski definition) is 2. The molecule has 0 amide bonds. The summed E-state index contributed by atoms with van der Waals surface area (Å²) in [6, 6.07) is 8.85. The molecule has 1 heterocycles. The van der Waals surface area contributed by atoms with Crippen LogP contribution in [0.25, 0.3) is 0 Å². The van der Waals surface area contributed by atoms with Gasteiger partial charge in [-0.15, -0.1) is 0 Å². The smallest absolute Gasteiger partial charge is 0.0895 e. The third-order valence-corrected chi connectivity index (χ3v) is 3.10. The Bertz CT molecular complexity index is 340. The second-order valence-electron chi connectivity index (χ2n) is 4.12. The predicted octanol–water partition coefficient (Wildman–Crippen LogP) is 3.05. The summed E-state index contributed by atoms with van der Waals surface area (Å²) in [5.74, 6) is 0.659. The largest absolute Gasteiger partial charge is 0.331 e. The summed E-state index contributed by atoms with van der Waals surface area (Å²) in [6.07, 6.45) is 3.13. The highest BCUT2D eigenvalue weighted by atomic mass is 15.2. The average molecular weight is 202 g/mol. The molecule has 1 unspecified atom stereocenters. The van der Waals surface area contributed by atoms with E-state index in [1.54, 1.807) is 0 Å². The summed E-state index contributed by atoms with van der Waals surface area (Å²) in [4.78, 5) is 6.41. The lowest BCUT2D eigenvalue weighted by Gasteiger charge is -2.15. The fourth-order valence-electron chi connectivity index (χ4n) is 1.81. The number of anilines is 1. The van der Waals surface area contributed by atoms with Crippen LogP contribution in [0.4, 0.5) is 5.69 Å². The summed E-state index contributed by atoms with van der Waals surface area (Å²) >= 11 is 0. The number of benzene rings is 1.